The highest BCUT2D eigenvalue weighted by Crippen LogP contribution is 2.31. The zero-order valence-corrected chi connectivity index (χ0v) is 15.1. The van der Waals surface area contributed by atoms with Gasteiger partial charge in [-0.3, -0.25) is 0 Å². The van der Waals surface area contributed by atoms with Crippen molar-refractivity contribution in [3.8, 4) is 34.0 Å². The van der Waals surface area contributed by atoms with Gasteiger partial charge in [0, 0.05) is 25.0 Å². The third kappa shape index (κ3) is 2.90. The summed E-state index contributed by atoms with van der Waals surface area (Å²) in [4.78, 5) is 0. The van der Waals surface area contributed by atoms with Crippen molar-refractivity contribution in [2.24, 2.45) is 0 Å². The highest BCUT2D eigenvalue weighted by molar-refractivity contribution is 5.73. The van der Waals surface area contributed by atoms with Crippen LogP contribution in [0.5, 0.6) is 0 Å². The van der Waals surface area contributed by atoms with Gasteiger partial charge in [0.25, 0.3) is 0 Å². The Morgan fingerprint density at radius 2 is 1.00 bits per heavy atom. The number of hydrogen-bond acceptors (Lipinski definition) is 6. The molecule has 0 spiro atoms. The Hall–Kier alpha value is -3.28. The zero-order valence-electron chi connectivity index (χ0n) is 15.1. The molecule has 0 atom stereocenters. The molecule has 2 aromatic carbocycles. The molecular weight excluding hydrogens is 328 g/mol. The summed E-state index contributed by atoms with van der Waals surface area (Å²) in [5.74, 6) is 2.21. The Morgan fingerprint density at radius 1 is 0.577 bits per heavy atom. The SMILES string of the molecule is Cc1nnc(-c2ccc(-c3ccc(-c4nnc(C)o4)c(C)c3)cc2C)o1. The lowest BCUT2D eigenvalue weighted by Gasteiger charge is -2.09. The van der Waals surface area contributed by atoms with Crippen molar-refractivity contribution in [3.05, 3.63) is 59.3 Å². The molecule has 0 aliphatic heterocycles. The highest BCUT2D eigenvalue weighted by atomic mass is 16.4. The van der Waals surface area contributed by atoms with E-state index in [2.05, 4.69) is 44.7 Å². The molecule has 26 heavy (non-hydrogen) atoms. The molecule has 4 aromatic rings. The van der Waals surface area contributed by atoms with Gasteiger partial charge in [-0.2, -0.15) is 0 Å². The Bertz CT molecular complexity index is 1010. The van der Waals surface area contributed by atoms with Crippen LogP contribution in [0.25, 0.3) is 34.0 Å². The van der Waals surface area contributed by atoms with E-state index in [0.717, 1.165) is 33.4 Å². The lowest BCUT2D eigenvalue weighted by Crippen LogP contribution is -1.89. The van der Waals surface area contributed by atoms with E-state index in [0.29, 0.717) is 23.6 Å². The van der Waals surface area contributed by atoms with Crippen molar-refractivity contribution in [3.63, 3.8) is 0 Å². The van der Waals surface area contributed by atoms with Crippen LogP contribution in [-0.4, -0.2) is 20.4 Å². The average molecular weight is 346 g/mol. The maximum Gasteiger partial charge on any atom is 0.247 e. The van der Waals surface area contributed by atoms with Crippen molar-refractivity contribution in [2.45, 2.75) is 27.7 Å². The van der Waals surface area contributed by atoms with Gasteiger partial charge in [-0.15, -0.1) is 20.4 Å². The van der Waals surface area contributed by atoms with E-state index in [9.17, 15) is 0 Å². The second-order valence-electron chi connectivity index (χ2n) is 6.31. The zero-order chi connectivity index (χ0) is 18.3. The molecule has 0 aliphatic rings. The summed E-state index contributed by atoms with van der Waals surface area (Å²) in [6.07, 6.45) is 0. The van der Waals surface area contributed by atoms with E-state index in [1.807, 2.05) is 26.0 Å². The van der Waals surface area contributed by atoms with Crippen LogP contribution in [0.3, 0.4) is 0 Å². The van der Waals surface area contributed by atoms with Crippen LogP contribution in [0, 0.1) is 27.7 Å². The van der Waals surface area contributed by atoms with E-state index in [-0.39, 0.29) is 0 Å². The van der Waals surface area contributed by atoms with E-state index >= 15 is 0 Å². The van der Waals surface area contributed by atoms with E-state index < -0.39 is 0 Å². The fourth-order valence-corrected chi connectivity index (χ4v) is 2.98. The molecule has 2 aromatic heterocycles. The molecule has 2 heterocycles. The number of aryl methyl sites for hydroxylation is 4. The smallest absolute Gasteiger partial charge is 0.247 e. The Balaban J connectivity index is 1.69. The molecule has 0 amide bonds. The molecular formula is C20H18N4O2. The molecule has 0 saturated carbocycles. The van der Waals surface area contributed by atoms with Crippen molar-refractivity contribution >= 4 is 0 Å². The first-order chi connectivity index (χ1) is 12.5. The van der Waals surface area contributed by atoms with Crippen LogP contribution in [0.15, 0.2) is 45.2 Å². The molecule has 0 aliphatic carbocycles. The van der Waals surface area contributed by atoms with Crippen LogP contribution in [0.1, 0.15) is 22.9 Å². The number of hydrogen-bond donors (Lipinski definition) is 0. The summed E-state index contributed by atoms with van der Waals surface area (Å²) in [5, 5.41) is 16.0. The van der Waals surface area contributed by atoms with Crippen molar-refractivity contribution in [1.29, 1.82) is 0 Å². The van der Waals surface area contributed by atoms with Gasteiger partial charge in [0.1, 0.15) is 0 Å². The molecule has 0 fully saturated rings. The van der Waals surface area contributed by atoms with Crippen LogP contribution >= 0.6 is 0 Å². The highest BCUT2D eigenvalue weighted by Gasteiger charge is 2.13. The summed E-state index contributed by atoms with van der Waals surface area (Å²) < 4.78 is 11.1. The third-order valence-corrected chi connectivity index (χ3v) is 4.30. The Morgan fingerprint density at radius 3 is 1.31 bits per heavy atom. The second-order valence-corrected chi connectivity index (χ2v) is 6.31. The summed E-state index contributed by atoms with van der Waals surface area (Å²) >= 11 is 0. The minimum atomic E-state index is 0.546. The first kappa shape index (κ1) is 16.2. The monoisotopic (exact) mass is 346 g/mol. The van der Waals surface area contributed by atoms with Gasteiger partial charge < -0.3 is 8.83 Å². The van der Waals surface area contributed by atoms with Crippen molar-refractivity contribution in [1.82, 2.24) is 20.4 Å². The van der Waals surface area contributed by atoms with E-state index in [1.165, 1.54) is 0 Å². The fraction of sp³-hybridized carbons (Fsp3) is 0.200. The fourth-order valence-electron chi connectivity index (χ4n) is 2.98. The van der Waals surface area contributed by atoms with E-state index in [4.69, 9.17) is 8.83 Å². The topological polar surface area (TPSA) is 77.8 Å². The number of nitrogens with zero attached hydrogens (tertiary/aromatic N) is 4. The molecule has 4 rings (SSSR count). The summed E-state index contributed by atoms with van der Waals surface area (Å²) in [7, 11) is 0. The average Bonchev–Trinajstić information content (AvgIpc) is 3.23. The second kappa shape index (κ2) is 6.22. The quantitative estimate of drug-likeness (QED) is 0.535. The molecule has 0 N–H and O–H groups in total. The van der Waals surface area contributed by atoms with Gasteiger partial charge in [-0.25, -0.2) is 0 Å². The minimum absolute atomic E-state index is 0.546. The Labute approximate surface area is 150 Å². The van der Waals surface area contributed by atoms with E-state index in [1.54, 1.807) is 13.8 Å². The molecule has 130 valence electrons. The van der Waals surface area contributed by atoms with Crippen LogP contribution in [0.2, 0.25) is 0 Å². The van der Waals surface area contributed by atoms with Gasteiger partial charge in [0.05, 0.1) is 0 Å². The summed E-state index contributed by atoms with van der Waals surface area (Å²) in [5.41, 5.74) is 6.31. The van der Waals surface area contributed by atoms with Crippen molar-refractivity contribution in [2.75, 3.05) is 0 Å². The van der Waals surface area contributed by atoms with Crippen LogP contribution < -0.4 is 0 Å². The van der Waals surface area contributed by atoms with Gasteiger partial charge in [-0.1, -0.05) is 24.3 Å². The first-order valence-corrected chi connectivity index (χ1v) is 8.34. The molecule has 0 bridgehead atoms. The lowest BCUT2D eigenvalue weighted by molar-refractivity contribution is 0.532. The Kier molecular flexibility index (Phi) is 3.88. The molecule has 0 unspecified atom stereocenters. The maximum atomic E-state index is 5.54. The summed E-state index contributed by atoms with van der Waals surface area (Å²) in [6.45, 7) is 7.66. The largest absolute Gasteiger partial charge is 0.421 e. The third-order valence-electron chi connectivity index (χ3n) is 4.30. The number of benzene rings is 2. The molecule has 0 saturated heterocycles. The predicted octanol–water partition coefficient (Wildman–Crippen LogP) is 4.69. The molecule has 6 heteroatoms. The maximum absolute atomic E-state index is 5.54. The molecule has 6 nitrogen and oxygen atoms in total. The van der Waals surface area contributed by atoms with Gasteiger partial charge in [-0.05, 0) is 48.2 Å². The normalized spacial score (nSPS) is 11.1. The van der Waals surface area contributed by atoms with Gasteiger partial charge in [0.15, 0.2) is 0 Å². The van der Waals surface area contributed by atoms with Gasteiger partial charge in [0.2, 0.25) is 23.6 Å². The minimum Gasteiger partial charge on any atom is -0.421 e. The van der Waals surface area contributed by atoms with Crippen LogP contribution in [-0.2, 0) is 0 Å². The van der Waals surface area contributed by atoms with Crippen LogP contribution in [0.4, 0.5) is 0 Å². The van der Waals surface area contributed by atoms with Gasteiger partial charge >= 0.3 is 0 Å². The number of aromatic nitrogens is 4. The first-order valence-electron chi connectivity index (χ1n) is 8.34. The van der Waals surface area contributed by atoms with Crippen molar-refractivity contribution < 1.29 is 8.83 Å². The predicted molar refractivity (Wildman–Crippen MR) is 97.4 cm³/mol. The lowest BCUT2D eigenvalue weighted by atomic mass is 9.97. The summed E-state index contributed by atoms with van der Waals surface area (Å²) in [6, 6.07) is 12.4. The molecule has 0 radical (unpaired) electrons. The number of rotatable bonds is 3. The standard InChI is InChI=1S/C20H18N4O2/c1-11-9-15(5-7-17(11)19-23-21-13(3)25-19)16-6-8-18(12(2)10-16)20-24-22-14(4)26-20/h5-10H,1-4H3.